The van der Waals surface area contributed by atoms with E-state index in [0.29, 0.717) is 11.5 Å². The molecule has 4 nitrogen and oxygen atoms in total. The van der Waals surface area contributed by atoms with Crippen molar-refractivity contribution in [3.63, 3.8) is 0 Å². The number of rotatable bonds is 3. The van der Waals surface area contributed by atoms with Gasteiger partial charge in [0.2, 0.25) is 0 Å². The van der Waals surface area contributed by atoms with E-state index in [0.717, 1.165) is 5.56 Å². The number of carbonyl (C=O) groups is 1. The lowest BCUT2D eigenvalue weighted by Gasteiger charge is -2.01. The van der Waals surface area contributed by atoms with E-state index >= 15 is 0 Å². The fraction of sp³-hybridized carbons (Fsp3) is 0.267. The molecule has 1 fully saturated rings. The van der Waals surface area contributed by atoms with Crippen molar-refractivity contribution in [2.45, 2.75) is 19.4 Å². The largest absolute Gasteiger partial charge is 0.292 e. The molecule has 0 amide bonds. The Morgan fingerprint density at radius 3 is 2.74 bits per heavy atom. The van der Waals surface area contributed by atoms with Gasteiger partial charge in [-0.1, -0.05) is 24.0 Å². The molecule has 1 heterocycles. The maximum Gasteiger partial charge on any atom is 0.184 e. The first-order valence-electron chi connectivity index (χ1n) is 6.28. The number of ketones is 1. The van der Waals surface area contributed by atoms with Crippen LogP contribution in [0.5, 0.6) is 0 Å². The summed E-state index contributed by atoms with van der Waals surface area (Å²) in [5.74, 6) is 6.94. The molecule has 0 saturated heterocycles. The van der Waals surface area contributed by atoms with Crippen molar-refractivity contribution in [3.05, 3.63) is 48.0 Å². The van der Waals surface area contributed by atoms with Crippen molar-refractivity contribution in [1.29, 1.82) is 0 Å². The highest BCUT2D eigenvalue weighted by atomic mass is 16.1. The van der Waals surface area contributed by atoms with Gasteiger partial charge in [-0.15, -0.1) is 0 Å². The number of nitrogens with zero attached hydrogens (tertiary/aromatic N) is 3. The molecule has 94 valence electrons. The number of carbonyl (C=O) groups excluding carboxylic acids is 1. The molecule has 0 spiro atoms. The molecule has 1 aliphatic carbocycles. The van der Waals surface area contributed by atoms with Gasteiger partial charge in [0.05, 0.1) is 0 Å². The second kappa shape index (κ2) is 5.07. The van der Waals surface area contributed by atoms with Gasteiger partial charge in [-0.3, -0.25) is 4.79 Å². The standard InChI is InChI=1S/C15H13N3O/c19-15(9-18-11-16-10-17-18)14-7-5-13(6-8-14)4-3-12-1-2-12/h5-8,10-12H,1-2,9H2. The summed E-state index contributed by atoms with van der Waals surface area (Å²) in [7, 11) is 0. The molecule has 0 radical (unpaired) electrons. The molecule has 1 saturated carbocycles. The van der Waals surface area contributed by atoms with E-state index in [1.54, 1.807) is 0 Å². The summed E-state index contributed by atoms with van der Waals surface area (Å²) in [5, 5.41) is 3.92. The summed E-state index contributed by atoms with van der Waals surface area (Å²) in [6.07, 6.45) is 5.40. The molecule has 0 N–H and O–H groups in total. The summed E-state index contributed by atoms with van der Waals surface area (Å²) in [6.45, 7) is 0.215. The zero-order valence-corrected chi connectivity index (χ0v) is 10.4. The molecule has 0 aliphatic heterocycles. The first-order valence-corrected chi connectivity index (χ1v) is 6.28. The van der Waals surface area contributed by atoms with Gasteiger partial charge < -0.3 is 0 Å². The van der Waals surface area contributed by atoms with Crippen LogP contribution in [0.3, 0.4) is 0 Å². The van der Waals surface area contributed by atoms with Crippen LogP contribution in [0.2, 0.25) is 0 Å². The molecule has 0 unspecified atom stereocenters. The Hall–Kier alpha value is -2.41. The molecule has 1 aliphatic rings. The van der Waals surface area contributed by atoms with Crippen LogP contribution in [0.4, 0.5) is 0 Å². The topological polar surface area (TPSA) is 47.8 Å². The molecule has 3 rings (SSSR count). The fourth-order valence-corrected chi connectivity index (χ4v) is 1.71. The summed E-state index contributed by atoms with van der Waals surface area (Å²) in [6, 6.07) is 7.42. The third-order valence-corrected chi connectivity index (χ3v) is 2.98. The lowest BCUT2D eigenvalue weighted by Crippen LogP contribution is -2.10. The van der Waals surface area contributed by atoms with E-state index in [2.05, 4.69) is 21.9 Å². The van der Waals surface area contributed by atoms with Gasteiger partial charge in [-0.25, -0.2) is 9.67 Å². The highest BCUT2D eigenvalue weighted by Crippen LogP contribution is 2.27. The minimum Gasteiger partial charge on any atom is -0.292 e. The number of benzene rings is 1. The van der Waals surface area contributed by atoms with Crippen LogP contribution in [-0.4, -0.2) is 20.5 Å². The van der Waals surface area contributed by atoms with Crippen molar-refractivity contribution in [1.82, 2.24) is 14.8 Å². The first kappa shape index (κ1) is 11.7. The van der Waals surface area contributed by atoms with Crippen LogP contribution >= 0.6 is 0 Å². The Bertz CT molecular complexity index is 628. The van der Waals surface area contributed by atoms with Crippen molar-refractivity contribution >= 4 is 5.78 Å². The number of aromatic nitrogens is 3. The summed E-state index contributed by atoms with van der Waals surface area (Å²) in [4.78, 5) is 15.8. The minimum atomic E-state index is 0.0206. The van der Waals surface area contributed by atoms with Crippen molar-refractivity contribution in [2.75, 3.05) is 0 Å². The molecule has 4 heteroatoms. The van der Waals surface area contributed by atoms with Crippen molar-refractivity contribution < 1.29 is 4.79 Å². The lowest BCUT2D eigenvalue weighted by atomic mass is 10.1. The Kier molecular flexibility index (Phi) is 3.11. The van der Waals surface area contributed by atoms with E-state index in [1.807, 2.05) is 24.3 Å². The average molecular weight is 251 g/mol. The number of hydrogen-bond donors (Lipinski definition) is 0. The third kappa shape index (κ3) is 3.08. The van der Waals surface area contributed by atoms with E-state index in [9.17, 15) is 4.79 Å². The molecule has 0 bridgehead atoms. The molecule has 19 heavy (non-hydrogen) atoms. The predicted octanol–water partition coefficient (Wildman–Crippen LogP) is 1.92. The third-order valence-electron chi connectivity index (χ3n) is 2.98. The average Bonchev–Trinajstić information content (AvgIpc) is 3.13. The van der Waals surface area contributed by atoms with Crippen molar-refractivity contribution in [2.24, 2.45) is 5.92 Å². The van der Waals surface area contributed by atoms with Crippen LogP contribution in [0, 0.1) is 17.8 Å². The lowest BCUT2D eigenvalue weighted by molar-refractivity contribution is 0.0967. The normalized spacial score (nSPS) is 13.7. The van der Waals surface area contributed by atoms with E-state index in [1.165, 1.54) is 30.2 Å². The van der Waals surface area contributed by atoms with Crippen LogP contribution < -0.4 is 0 Å². The quantitative estimate of drug-likeness (QED) is 0.618. The maximum atomic E-state index is 12.0. The Morgan fingerprint density at radius 2 is 2.11 bits per heavy atom. The van der Waals surface area contributed by atoms with Gasteiger partial charge in [-0.05, 0) is 25.0 Å². The van der Waals surface area contributed by atoms with Crippen LogP contribution in [0.1, 0.15) is 28.8 Å². The van der Waals surface area contributed by atoms with Crippen LogP contribution in [0.15, 0.2) is 36.9 Å². The second-order valence-electron chi connectivity index (χ2n) is 4.64. The monoisotopic (exact) mass is 251 g/mol. The highest BCUT2D eigenvalue weighted by molar-refractivity contribution is 5.95. The SMILES string of the molecule is O=C(Cn1cncn1)c1ccc(C#CC2CC2)cc1. The van der Waals surface area contributed by atoms with E-state index in [4.69, 9.17) is 0 Å². The van der Waals surface area contributed by atoms with Crippen molar-refractivity contribution in [3.8, 4) is 11.8 Å². The Labute approximate surface area is 111 Å². The molecule has 2 aromatic rings. The molecular formula is C15H13N3O. The second-order valence-corrected chi connectivity index (χ2v) is 4.64. The van der Waals surface area contributed by atoms with Gasteiger partial charge in [-0.2, -0.15) is 5.10 Å². The van der Waals surface area contributed by atoms with Gasteiger partial charge in [0.1, 0.15) is 19.2 Å². The zero-order valence-electron chi connectivity index (χ0n) is 10.4. The smallest absolute Gasteiger partial charge is 0.184 e. The van der Waals surface area contributed by atoms with Crippen LogP contribution in [-0.2, 0) is 6.54 Å². The summed E-state index contributed by atoms with van der Waals surface area (Å²) >= 11 is 0. The molecule has 1 aromatic heterocycles. The fourth-order valence-electron chi connectivity index (χ4n) is 1.71. The summed E-state index contributed by atoms with van der Waals surface area (Å²) in [5.41, 5.74) is 1.64. The summed E-state index contributed by atoms with van der Waals surface area (Å²) < 4.78 is 1.52. The van der Waals surface area contributed by atoms with Crippen LogP contribution in [0.25, 0.3) is 0 Å². The maximum absolute atomic E-state index is 12.0. The number of Topliss-reactive ketones (excluding diaryl/α,β-unsaturated/α-hetero) is 1. The van der Waals surface area contributed by atoms with E-state index in [-0.39, 0.29) is 12.3 Å². The Balaban J connectivity index is 1.68. The van der Waals surface area contributed by atoms with Gasteiger partial charge in [0, 0.05) is 17.0 Å². The predicted molar refractivity (Wildman–Crippen MR) is 70.4 cm³/mol. The zero-order chi connectivity index (χ0) is 13.1. The molecular weight excluding hydrogens is 238 g/mol. The first-order chi connectivity index (χ1) is 9.31. The van der Waals surface area contributed by atoms with E-state index < -0.39 is 0 Å². The highest BCUT2D eigenvalue weighted by Gasteiger charge is 2.17. The Morgan fingerprint density at radius 1 is 1.32 bits per heavy atom. The van der Waals surface area contributed by atoms with Gasteiger partial charge in [0.25, 0.3) is 0 Å². The van der Waals surface area contributed by atoms with Gasteiger partial charge in [0.15, 0.2) is 5.78 Å². The minimum absolute atomic E-state index is 0.0206. The van der Waals surface area contributed by atoms with Gasteiger partial charge >= 0.3 is 0 Å². The molecule has 1 aromatic carbocycles. The number of hydrogen-bond acceptors (Lipinski definition) is 3. The molecule has 0 atom stereocenters.